The molecular weight excluding hydrogens is 324 g/mol. The van der Waals surface area contributed by atoms with Gasteiger partial charge >= 0.3 is 0 Å². The maximum atomic E-state index is 6.45. The summed E-state index contributed by atoms with van der Waals surface area (Å²) in [5.41, 5.74) is 2.39. The summed E-state index contributed by atoms with van der Waals surface area (Å²) in [6.07, 6.45) is 4.81. The van der Waals surface area contributed by atoms with Gasteiger partial charge in [0.05, 0.1) is 9.50 Å². The number of pyridine rings is 1. The topological polar surface area (TPSA) is 25.2 Å². The number of halogens is 2. The second-order valence-corrected chi connectivity index (χ2v) is 6.32. The van der Waals surface area contributed by atoms with E-state index in [0.29, 0.717) is 5.92 Å². The van der Waals surface area contributed by atoms with Gasteiger partial charge in [0.25, 0.3) is 0 Å². The van der Waals surface area contributed by atoms with Crippen LogP contribution >= 0.6 is 27.5 Å². The fourth-order valence-corrected chi connectivity index (χ4v) is 3.62. The molecule has 0 bridgehead atoms. The zero-order valence-electron chi connectivity index (χ0n) is 9.98. The third-order valence-corrected chi connectivity index (χ3v) is 5.26. The first-order valence-corrected chi connectivity index (χ1v) is 7.34. The number of fused-ring (bicyclic) bond motifs is 2. The highest BCUT2D eigenvalue weighted by Crippen LogP contribution is 2.65. The number of benzene rings is 1. The summed E-state index contributed by atoms with van der Waals surface area (Å²) in [7, 11) is 0. The molecule has 1 saturated carbocycles. The Morgan fingerprint density at radius 2 is 2.05 bits per heavy atom. The fraction of sp³-hybridized carbons (Fsp3) is 0.200. The van der Waals surface area contributed by atoms with Crippen molar-refractivity contribution in [1.29, 1.82) is 0 Å². The lowest BCUT2D eigenvalue weighted by molar-refractivity contribution is 0.925. The highest BCUT2D eigenvalue weighted by atomic mass is 79.9. The van der Waals surface area contributed by atoms with Gasteiger partial charge in [0.1, 0.15) is 0 Å². The lowest BCUT2D eigenvalue weighted by Gasteiger charge is -2.11. The standard InChI is InChI=1S/C15H10BrClN2/c16-11-7-18-14-12(13(11)17)15(8-19-14)6-10(15)9-4-2-1-3-5-9/h1-5,7-8,10H,6H2/t10-,15-/m1/s1. The van der Waals surface area contributed by atoms with E-state index >= 15 is 0 Å². The van der Waals surface area contributed by atoms with E-state index in [4.69, 9.17) is 11.6 Å². The third kappa shape index (κ3) is 1.55. The molecule has 2 aromatic rings. The smallest absolute Gasteiger partial charge is 0.157 e. The Labute approximate surface area is 124 Å². The average molecular weight is 334 g/mol. The first kappa shape index (κ1) is 11.6. The Hall–Kier alpha value is -1.19. The van der Waals surface area contributed by atoms with E-state index in [9.17, 15) is 0 Å². The number of nitrogens with zero attached hydrogens (tertiary/aromatic N) is 2. The number of hydrogen-bond acceptors (Lipinski definition) is 2. The summed E-state index contributed by atoms with van der Waals surface area (Å²) >= 11 is 9.90. The monoisotopic (exact) mass is 332 g/mol. The van der Waals surface area contributed by atoms with Crippen molar-refractivity contribution in [1.82, 2.24) is 4.98 Å². The van der Waals surface area contributed by atoms with Gasteiger partial charge in [-0.05, 0) is 33.8 Å². The van der Waals surface area contributed by atoms with Crippen molar-refractivity contribution >= 4 is 39.6 Å². The molecule has 1 aliphatic heterocycles. The molecule has 1 fully saturated rings. The number of rotatable bonds is 1. The first-order chi connectivity index (χ1) is 9.22. The molecule has 1 aliphatic carbocycles. The van der Waals surface area contributed by atoms with E-state index in [1.807, 2.05) is 12.3 Å². The molecule has 2 heterocycles. The van der Waals surface area contributed by atoms with Crippen molar-refractivity contribution in [2.45, 2.75) is 17.8 Å². The molecule has 94 valence electrons. The van der Waals surface area contributed by atoms with Crippen LogP contribution in [-0.4, -0.2) is 11.2 Å². The van der Waals surface area contributed by atoms with Gasteiger partial charge in [0.2, 0.25) is 0 Å². The van der Waals surface area contributed by atoms with E-state index in [2.05, 4.69) is 50.2 Å². The van der Waals surface area contributed by atoms with Crippen LogP contribution in [0.1, 0.15) is 23.5 Å². The molecule has 1 spiro atoms. The Morgan fingerprint density at radius 3 is 2.84 bits per heavy atom. The molecule has 0 radical (unpaired) electrons. The van der Waals surface area contributed by atoms with Crippen LogP contribution in [0.3, 0.4) is 0 Å². The quantitative estimate of drug-likeness (QED) is 0.746. The molecular formula is C15H10BrClN2. The van der Waals surface area contributed by atoms with Gasteiger partial charge in [0.15, 0.2) is 5.82 Å². The minimum absolute atomic E-state index is 0.0372. The minimum Gasteiger partial charge on any atom is -0.240 e. The van der Waals surface area contributed by atoms with Crippen LogP contribution in [0.2, 0.25) is 5.02 Å². The lowest BCUT2D eigenvalue weighted by Crippen LogP contribution is -2.08. The predicted molar refractivity (Wildman–Crippen MR) is 80.6 cm³/mol. The van der Waals surface area contributed by atoms with Crippen molar-refractivity contribution in [3.8, 4) is 0 Å². The SMILES string of the molecule is Clc1c(Br)cnc2c1[C@@]1(C=N2)C[C@@H]1c1ccccc1. The second-order valence-electron chi connectivity index (χ2n) is 5.08. The molecule has 4 rings (SSSR count). The van der Waals surface area contributed by atoms with E-state index in [0.717, 1.165) is 27.3 Å². The van der Waals surface area contributed by atoms with E-state index in [1.54, 1.807) is 6.20 Å². The highest BCUT2D eigenvalue weighted by Gasteiger charge is 2.59. The van der Waals surface area contributed by atoms with Crippen LogP contribution in [0, 0.1) is 0 Å². The molecule has 1 aromatic carbocycles. The van der Waals surface area contributed by atoms with Gasteiger partial charge in [-0.3, -0.25) is 0 Å². The Bertz CT molecular complexity index is 699. The number of hydrogen-bond donors (Lipinski definition) is 0. The van der Waals surface area contributed by atoms with Gasteiger partial charge in [0, 0.05) is 23.4 Å². The Kier molecular flexibility index (Phi) is 2.39. The molecule has 1 aromatic heterocycles. The molecule has 2 nitrogen and oxygen atoms in total. The van der Waals surface area contributed by atoms with Gasteiger partial charge in [-0.2, -0.15) is 0 Å². The van der Waals surface area contributed by atoms with E-state index in [-0.39, 0.29) is 5.41 Å². The Balaban J connectivity index is 1.83. The maximum Gasteiger partial charge on any atom is 0.157 e. The average Bonchev–Trinajstić information content (AvgIpc) is 3.04. The Morgan fingerprint density at radius 1 is 1.26 bits per heavy atom. The number of aromatic nitrogens is 1. The zero-order chi connectivity index (χ0) is 13.0. The summed E-state index contributed by atoms with van der Waals surface area (Å²) < 4.78 is 0.844. The minimum atomic E-state index is -0.0372. The van der Waals surface area contributed by atoms with Crippen LogP contribution in [0.5, 0.6) is 0 Å². The van der Waals surface area contributed by atoms with E-state index in [1.165, 1.54) is 5.56 Å². The van der Waals surface area contributed by atoms with Crippen LogP contribution in [-0.2, 0) is 5.41 Å². The van der Waals surface area contributed by atoms with Crippen molar-refractivity contribution in [3.05, 3.63) is 57.2 Å². The summed E-state index contributed by atoms with van der Waals surface area (Å²) in [6.45, 7) is 0. The molecule has 0 saturated heterocycles. The zero-order valence-corrected chi connectivity index (χ0v) is 12.3. The van der Waals surface area contributed by atoms with Crippen molar-refractivity contribution in [2.75, 3.05) is 0 Å². The van der Waals surface area contributed by atoms with Gasteiger partial charge < -0.3 is 0 Å². The van der Waals surface area contributed by atoms with Crippen LogP contribution in [0.25, 0.3) is 0 Å². The maximum absolute atomic E-state index is 6.45. The van der Waals surface area contributed by atoms with Gasteiger partial charge in [-0.25, -0.2) is 9.98 Å². The fourth-order valence-electron chi connectivity index (χ4n) is 3.01. The third-order valence-electron chi connectivity index (χ3n) is 4.04. The molecule has 0 amide bonds. The number of aliphatic imine (C=N–C) groups is 1. The first-order valence-electron chi connectivity index (χ1n) is 6.17. The largest absolute Gasteiger partial charge is 0.240 e. The molecule has 4 heteroatoms. The second kappa shape index (κ2) is 3.90. The van der Waals surface area contributed by atoms with Crippen LogP contribution < -0.4 is 0 Å². The molecule has 19 heavy (non-hydrogen) atoms. The van der Waals surface area contributed by atoms with Crippen molar-refractivity contribution in [2.24, 2.45) is 4.99 Å². The summed E-state index contributed by atoms with van der Waals surface area (Å²) in [6, 6.07) is 10.5. The van der Waals surface area contributed by atoms with Crippen LogP contribution in [0.15, 0.2) is 46.0 Å². The molecule has 2 aliphatic rings. The van der Waals surface area contributed by atoms with Crippen molar-refractivity contribution in [3.63, 3.8) is 0 Å². The predicted octanol–water partition coefficient (Wildman–Crippen LogP) is 4.64. The normalized spacial score (nSPS) is 26.7. The summed E-state index contributed by atoms with van der Waals surface area (Å²) in [4.78, 5) is 8.80. The van der Waals surface area contributed by atoms with Gasteiger partial charge in [-0.1, -0.05) is 41.9 Å². The molecule has 0 N–H and O–H groups in total. The summed E-state index contributed by atoms with van der Waals surface area (Å²) in [5, 5.41) is 0.751. The lowest BCUT2D eigenvalue weighted by atomic mass is 9.94. The molecule has 0 unspecified atom stereocenters. The highest BCUT2D eigenvalue weighted by molar-refractivity contribution is 9.10. The van der Waals surface area contributed by atoms with Crippen LogP contribution in [0.4, 0.5) is 5.82 Å². The van der Waals surface area contributed by atoms with Gasteiger partial charge in [-0.15, -0.1) is 0 Å². The van der Waals surface area contributed by atoms with E-state index < -0.39 is 0 Å². The van der Waals surface area contributed by atoms with Crippen molar-refractivity contribution < 1.29 is 0 Å². The molecule has 2 atom stereocenters. The summed E-state index contributed by atoms with van der Waals surface area (Å²) in [5.74, 6) is 1.24.